The van der Waals surface area contributed by atoms with Crippen molar-refractivity contribution in [2.24, 2.45) is 4.99 Å². The van der Waals surface area contributed by atoms with E-state index in [0.717, 1.165) is 41.7 Å². The number of hydrogen-bond donors (Lipinski definition) is 2. The predicted molar refractivity (Wildman–Crippen MR) is 132 cm³/mol. The second-order valence-corrected chi connectivity index (χ2v) is 8.72. The molecule has 1 aliphatic carbocycles. The van der Waals surface area contributed by atoms with Crippen LogP contribution in [0, 0.1) is 6.92 Å². The zero-order chi connectivity index (χ0) is 22.5. The van der Waals surface area contributed by atoms with Gasteiger partial charge in [0.15, 0.2) is 5.78 Å². The lowest BCUT2D eigenvalue weighted by molar-refractivity contribution is -0.116. The first-order chi connectivity index (χ1) is 15.6. The Hall–Kier alpha value is -3.14. The highest BCUT2D eigenvalue weighted by atomic mass is 16.3. The van der Waals surface area contributed by atoms with Crippen LogP contribution in [-0.2, 0) is 11.2 Å². The molecule has 4 nitrogen and oxygen atoms in total. The van der Waals surface area contributed by atoms with Gasteiger partial charge in [0, 0.05) is 41.7 Å². The van der Waals surface area contributed by atoms with E-state index in [2.05, 4.69) is 49.2 Å². The number of carbonyl (C=O) groups excluding carboxylic acids is 1. The van der Waals surface area contributed by atoms with Crippen molar-refractivity contribution in [2.45, 2.75) is 58.3 Å². The summed E-state index contributed by atoms with van der Waals surface area (Å²) in [6.45, 7) is 4.78. The lowest BCUT2D eigenvalue weighted by Crippen LogP contribution is -2.27. The van der Waals surface area contributed by atoms with Crippen LogP contribution >= 0.6 is 0 Å². The predicted octanol–water partition coefficient (Wildman–Crippen LogP) is 6.61. The second-order valence-electron chi connectivity index (χ2n) is 8.72. The van der Waals surface area contributed by atoms with Crippen molar-refractivity contribution in [3.8, 4) is 0 Å². The molecular formula is C28H32N2O2. The van der Waals surface area contributed by atoms with E-state index in [1.165, 1.54) is 10.9 Å². The molecule has 3 aromatic rings. The number of H-pyrrole nitrogens is 1. The van der Waals surface area contributed by atoms with Crippen LogP contribution < -0.4 is 0 Å². The smallest absolute Gasteiger partial charge is 0.168 e. The first kappa shape index (κ1) is 22.1. The van der Waals surface area contributed by atoms with E-state index in [0.29, 0.717) is 31.4 Å². The third kappa shape index (κ3) is 4.69. The Balaban J connectivity index is 1.61. The molecule has 2 N–H and O–H groups in total. The summed E-state index contributed by atoms with van der Waals surface area (Å²) in [7, 11) is 0. The van der Waals surface area contributed by atoms with E-state index in [1.807, 2.05) is 24.3 Å². The molecule has 1 aromatic heterocycles. The number of aliphatic hydroxyl groups is 1. The largest absolute Gasteiger partial charge is 0.511 e. The van der Waals surface area contributed by atoms with Crippen LogP contribution in [0.5, 0.6) is 0 Å². The van der Waals surface area contributed by atoms with Gasteiger partial charge < -0.3 is 10.1 Å². The number of rotatable bonds is 7. The molecule has 1 fully saturated rings. The van der Waals surface area contributed by atoms with Crippen molar-refractivity contribution in [1.82, 2.24) is 4.98 Å². The molecule has 1 unspecified atom stereocenters. The van der Waals surface area contributed by atoms with Gasteiger partial charge in [-0.3, -0.25) is 9.79 Å². The highest BCUT2D eigenvalue weighted by molar-refractivity contribution is 6.24. The normalized spacial score (nSPS) is 19.6. The quantitative estimate of drug-likeness (QED) is 0.328. The fourth-order valence-electron chi connectivity index (χ4n) is 4.76. The molecule has 32 heavy (non-hydrogen) atoms. The van der Waals surface area contributed by atoms with E-state index >= 15 is 0 Å². The zero-order valence-electron chi connectivity index (χ0n) is 19.0. The first-order valence-electron chi connectivity index (χ1n) is 11.7. The Morgan fingerprint density at radius 1 is 1.09 bits per heavy atom. The molecule has 0 aliphatic heterocycles. The molecule has 1 heterocycles. The van der Waals surface area contributed by atoms with Crippen molar-refractivity contribution in [3.05, 3.63) is 82.8 Å². The summed E-state index contributed by atoms with van der Waals surface area (Å²) < 4.78 is 0. The van der Waals surface area contributed by atoms with E-state index in [-0.39, 0.29) is 17.5 Å². The number of allylic oxidation sites excluding steroid dienone is 2. The lowest BCUT2D eigenvalue weighted by atomic mass is 9.78. The summed E-state index contributed by atoms with van der Waals surface area (Å²) >= 11 is 0. The van der Waals surface area contributed by atoms with Crippen LogP contribution in [0.3, 0.4) is 0 Å². The number of benzene rings is 2. The van der Waals surface area contributed by atoms with E-state index < -0.39 is 0 Å². The third-order valence-electron chi connectivity index (χ3n) is 6.46. The number of hydrogen-bond acceptors (Lipinski definition) is 3. The molecule has 0 radical (unpaired) electrons. The van der Waals surface area contributed by atoms with Crippen LogP contribution in [-0.4, -0.2) is 28.1 Å². The van der Waals surface area contributed by atoms with Gasteiger partial charge in [0.2, 0.25) is 0 Å². The van der Waals surface area contributed by atoms with Crippen molar-refractivity contribution in [3.63, 3.8) is 0 Å². The average Bonchev–Trinajstić information content (AvgIpc) is 3.13. The second kappa shape index (κ2) is 9.99. The Morgan fingerprint density at radius 2 is 1.84 bits per heavy atom. The highest BCUT2D eigenvalue weighted by Gasteiger charge is 2.32. The number of unbranched alkanes of at least 4 members (excludes halogenated alkanes) is 1. The molecule has 1 saturated carbocycles. The van der Waals surface area contributed by atoms with Crippen molar-refractivity contribution >= 4 is 22.4 Å². The maximum atomic E-state index is 13.1. The number of aryl methyl sites for hydroxylation is 1. The topological polar surface area (TPSA) is 65.4 Å². The SMILES string of the molecule is CCCCC(O)=C1C(=O)CC(c2ccccc2)CC1=NCCc1c(C)[nH]c2ccccc12. The number of aromatic amines is 1. The summed E-state index contributed by atoms with van der Waals surface area (Å²) in [5.41, 5.74) is 5.97. The molecule has 2 aromatic carbocycles. The minimum Gasteiger partial charge on any atom is -0.511 e. The summed E-state index contributed by atoms with van der Waals surface area (Å²) in [6, 6.07) is 18.5. The zero-order valence-corrected chi connectivity index (χ0v) is 19.0. The summed E-state index contributed by atoms with van der Waals surface area (Å²) in [5.74, 6) is 0.339. The number of nitrogens with one attached hydrogen (secondary N) is 1. The number of fused-ring (bicyclic) bond motifs is 1. The highest BCUT2D eigenvalue weighted by Crippen LogP contribution is 2.34. The molecule has 0 bridgehead atoms. The van der Waals surface area contributed by atoms with Gasteiger partial charge in [-0.05, 0) is 49.3 Å². The molecule has 4 rings (SSSR count). The summed E-state index contributed by atoms with van der Waals surface area (Å²) in [6.07, 6.45) is 4.29. The summed E-state index contributed by atoms with van der Waals surface area (Å²) in [5, 5.41) is 12.0. The summed E-state index contributed by atoms with van der Waals surface area (Å²) in [4.78, 5) is 21.5. The van der Waals surface area contributed by atoms with Gasteiger partial charge in [-0.2, -0.15) is 0 Å². The first-order valence-corrected chi connectivity index (χ1v) is 11.7. The monoisotopic (exact) mass is 428 g/mol. The Bertz CT molecular complexity index is 1150. The number of carbonyl (C=O) groups is 1. The molecular weight excluding hydrogens is 396 g/mol. The standard InChI is InChI=1S/C28H32N2O2/c1-3-4-14-26(31)28-25(17-21(18-27(28)32)20-10-6-5-7-11-20)29-16-15-22-19(2)30-24-13-9-8-12-23(22)24/h5-13,21,30-31H,3-4,14-18H2,1-2H3. The van der Waals surface area contributed by atoms with Crippen LogP contribution in [0.1, 0.15) is 61.8 Å². The van der Waals surface area contributed by atoms with Gasteiger partial charge >= 0.3 is 0 Å². The molecule has 1 aliphatic rings. The molecule has 0 saturated heterocycles. The van der Waals surface area contributed by atoms with E-state index in [1.54, 1.807) is 0 Å². The van der Waals surface area contributed by atoms with Gasteiger partial charge in [0.05, 0.1) is 5.57 Å². The van der Waals surface area contributed by atoms with Gasteiger partial charge in [-0.1, -0.05) is 61.9 Å². The van der Waals surface area contributed by atoms with Gasteiger partial charge in [0.1, 0.15) is 5.76 Å². The van der Waals surface area contributed by atoms with Crippen molar-refractivity contribution in [1.29, 1.82) is 0 Å². The number of nitrogens with zero attached hydrogens (tertiary/aromatic N) is 1. The van der Waals surface area contributed by atoms with E-state index in [9.17, 15) is 9.90 Å². The maximum Gasteiger partial charge on any atom is 0.168 e. The van der Waals surface area contributed by atoms with Gasteiger partial charge in [-0.25, -0.2) is 0 Å². The number of aromatic nitrogens is 1. The molecule has 0 amide bonds. The number of ketones is 1. The maximum absolute atomic E-state index is 13.1. The van der Waals surface area contributed by atoms with Crippen molar-refractivity contribution in [2.75, 3.05) is 6.54 Å². The number of para-hydroxylation sites is 1. The van der Waals surface area contributed by atoms with Crippen LogP contribution in [0.4, 0.5) is 0 Å². The Labute approximate surface area is 190 Å². The van der Waals surface area contributed by atoms with Crippen LogP contribution in [0.2, 0.25) is 0 Å². The van der Waals surface area contributed by atoms with Gasteiger partial charge in [-0.15, -0.1) is 0 Å². The average molecular weight is 429 g/mol. The Kier molecular flexibility index (Phi) is 6.89. The fraction of sp³-hybridized carbons (Fsp3) is 0.357. The van der Waals surface area contributed by atoms with Crippen LogP contribution in [0.25, 0.3) is 10.9 Å². The van der Waals surface area contributed by atoms with E-state index in [4.69, 9.17) is 4.99 Å². The minimum atomic E-state index is 0.0146. The Morgan fingerprint density at radius 3 is 2.62 bits per heavy atom. The third-order valence-corrected chi connectivity index (χ3v) is 6.46. The van der Waals surface area contributed by atoms with Gasteiger partial charge in [0.25, 0.3) is 0 Å². The van der Waals surface area contributed by atoms with Crippen molar-refractivity contribution < 1.29 is 9.90 Å². The molecule has 166 valence electrons. The number of aliphatic imine (C=N–C) groups is 1. The molecule has 1 atom stereocenters. The number of aliphatic hydroxyl groups excluding tert-OH is 1. The van der Waals surface area contributed by atoms with Crippen LogP contribution in [0.15, 0.2) is 70.9 Å². The minimum absolute atomic E-state index is 0.0146. The molecule has 0 spiro atoms. The number of Topliss-reactive ketones (excluding diaryl/α,β-unsaturated/α-hetero) is 1. The lowest BCUT2D eigenvalue weighted by Gasteiger charge is -2.26. The fourth-order valence-corrected chi connectivity index (χ4v) is 4.76. The molecule has 4 heteroatoms.